The smallest absolute Gasteiger partial charge is 0.193 e. The Hall–Kier alpha value is -0.860. The van der Waals surface area contributed by atoms with Crippen LogP contribution in [0, 0.1) is 0 Å². The number of benzene rings is 1. The molecular weight excluding hydrogens is 415 g/mol. The van der Waals surface area contributed by atoms with E-state index in [1.807, 2.05) is 24.3 Å². The predicted octanol–water partition coefficient (Wildman–Crippen LogP) is 3.19. The topological polar surface area (TPSA) is 62.9 Å². The molecule has 3 N–H and O–H groups in total. The summed E-state index contributed by atoms with van der Waals surface area (Å²) < 4.78 is 5.22. The number of halogens is 1. The van der Waals surface area contributed by atoms with Crippen molar-refractivity contribution < 1.29 is 4.74 Å². The first-order valence-corrected chi connectivity index (χ1v) is 8.67. The minimum absolute atomic E-state index is 0. The van der Waals surface area contributed by atoms with E-state index < -0.39 is 0 Å². The molecule has 0 bridgehead atoms. The maximum atomic E-state index is 6.09. The Kier molecular flexibility index (Phi) is 7.77. The van der Waals surface area contributed by atoms with Crippen LogP contribution in [0.2, 0.25) is 0 Å². The fourth-order valence-electron chi connectivity index (χ4n) is 3.54. The van der Waals surface area contributed by atoms with Crippen LogP contribution in [0.4, 0.5) is 5.69 Å². The number of anilines is 1. The van der Waals surface area contributed by atoms with Gasteiger partial charge in [0.05, 0.1) is 12.6 Å². The second-order valence-electron chi connectivity index (χ2n) is 6.61. The van der Waals surface area contributed by atoms with Crippen molar-refractivity contribution in [3.05, 3.63) is 29.8 Å². The normalized spacial score (nSPS) is 24.8. The highest BCUT2D eigenvalue weighted by Gasteiger charge is 2.34. The van der Waals surface area contributed by atoms with Gasteiger partial charge in [-0.25, -0.2) is 4.99 Å². The van der Waals surface area contributed by atoms with Gasteiger partial charge >= 0.3 is 0 Å². The third-order valence-electron chi connectivity index (χ3n) is 4.90. The Morgan fingerprint density at radius 2 is 1.96 bits per heavy atom. The average molecular weight is 444 g/mol. The summed E-state index contributed by atoms with van der Waals surface area (Å²) in [6.45, 7) is 3.09. The predicted molar refractivity (Wildman–Crippen MR) is 110 cm³/mol. The molecule has 0 radical (unpaired) electrons. The molecule has 0 unspecified atom stereocenters. The molecule has 5 nitrogen and oxygen atoms in total. The van der Waals surface area contributed by atoms with Crippen LogP contribution in [-0.4, -0.2) is 43.1 Å². The first-order valence-electron chi connectivity index (χ1n) is 8.67. The fraction of sp³-hybridized carbons (Fsp3) is 0.611. The number of guanidine groups is 1. The molecule has 1 aromatic rings. The molecular formula is C18H29IN4O. The van der Waals surface area contributed by atoms with Crippen LogP contribution < -0.4 is 11.1 Å². The third-order valence-corrected chi connectivity index (χ3v) is 4.90. The molecule has 0 aromatic heterocycles. The molecule has 0 atom stereocenters. The minimum Gasteiger partial charge on any atom is -0.380 e. The van der Waals surface area contributed by atoms with Crippen molar-refractivity contribution in [3.63, 3.8) is 0 Å². The first kappa shape index (κ1) is 19.5. The summed E-state index contributed by atoms with van der Waals surface area (Å²) in [5.74, 6) is 0.510. The van der Waals surface area contributed by atoms with Gasteiger partial charge < -0.3 is 20.7 Å². The number of ether oxygens (including phenoxy) is 1. The second-order valence-corrected chi connectivity index (χ2v) is 6.61. The number of nitrogens with zero attached hydrogens (tertiary/aromatic N) is 2. The number of nitrogens with two attached hydrogens (primary N) is 1. The number of hydrogen-bond donors (Lipinski definition) is 2. The van der Waals surface area contributed by atoms with E-state index >= 15 is 0 Å². The Bertz CT molecular complexity index is 540. The highest BCUT2D eigenvalue weighted by molar-refractivity contribution is 14.0. The second kappa shape index (κ2) is 9.58. The molecule has 1 saturated heterocycles. The number of likely N-dealkylation sites (tertiary alicyclic amines) is 1. The Balaban J connectivity index is 0.00000208. The van der Waals surface area contributed by atoms with Gasteiger partial charge in [-0.3, -0.25) is 0 Å². The van der Waals surface area contributed by atoms with E-state index in [2.05, 4.69) is 15.2 Å². The Morgan fingerprint density at radius 3 is 2.67 bits per heavy atom. The van der Waals surface area contributed by atoms with Gasteiger partial charge in [0.2, 0.25) is 0 Å². The van der Waals surface area contributed by atoms with Crippen LogP contribution in [0.1, 0.15) is 37.7 Å². The van der Waals surface area contributed by atoms with E-state index in [9.17, 15) is 0 Å². The molecule has 6 heteroatoms. The summed E-state index contributed by atoms with van der Waals surface area (Å²) in [6.07, 6.45) is 6.38. The van der Waals surface area contributed by atoms with Crippen LogP contribution in [-0.2, 0) is 11.3 Å². The molecule has 1 aromatic carbocycles. The maximum Gasteiger partial charge on any atom is 0.193 e. The number of aliphatic imine (C=N–C) groups is 1. The first-order chi connectivity index (χ1) is 11.3. The standard InChI is InChI=1S/C18H28N4O.HI/c1-23-13-14-7-3-4-8-17(14)21-18(19)20-15-11-16(12-15)22-9-5-2-6-10-22;/h3-4,7-8,15-16H,2,5-6,9-13H2,1H3,(H3,19,20,21);1H. The van der Waals surface area contributed by atoms with Crippen LogP contribution in [0.5, 0.6) is 0 Å². The van der Waals surface area contributed by atoms with E-state index in [4.69, 9.17) is 10.5 Å². The van der Waals surface area contributed by atoms with Crippen molar-refractivity contribution >= 4 is 35.6 Å². The highest BCUT2D eigenvalue weighted by Crippen LogP contribution is 2.30. The zero-order valence-corrected chi connectivity index (χ0v) is 16.7. The van der Waals surface area contributed by atoms with Crippen LogP contribution in [0.15, 0.2) is 29.3 Å². The molecule has 134 valence electrons. The van der Waals surface area contributed by atoms with Crippen molar-refractivity contribution in [2.24, 2.45) is 10.7 Å². The van der Waals surface area contributed by atoms with Crippen LogP contribution in [0.3, 0.4) is 0 Å². The molecule has 24 heavy (non-hydrogen) atoms. The van der Waals surface area contributed by atoms with Crippen molar-refractivity contribution in [1.29, 1.82) is 0 Å². The Labute approximate surface area is 162 Å². The van der Waals surface area contributed by atoms with E-state index in [1.54, 1.807) is 7.11 Å². The largest absolute Gasteiger partial charge is 0.380 e. The summed E-state index contributed by atoms with van der Waals surface area (Å²) >= 11 is 0. The zero-order valence-electron chi connectivity index (χ0n) is 14.4. The van der Waals surface area contributed by atoms with Gasteiger partial charge in [-0.1, -0.05) is 24.6 Å². The van der Waals surface area contributed by atoms with Gasteiger partial charge in [0.1, 0.15) is 0 Å². The molecule has 1 heterocycles. The summed E-state index contributed by atoms with van der Waals surface area (Å²) in [6, 6.07) is 9.12. The van der Waals surface area contributed by atoms with E-state index in [0.29, 0.717) is 18.6 Å². The molecule has 1 aliphatic heterocycles. The SMILES string of the molecule is COCc1ccccc1NC(N)=NC1CC(N2CCCCC2)C1.I. The monoisotopic (exact) mass is 444 g/mol. The van der Waals surface area contributed by atoms with Crippen molar-refractivity contribution in [1.82, 2.24) is 4.90 Å². The number of methoxy groups -OCH3 is 1. The van der Waals surface area contributed by atoms with Gasteiger partial charge in [0, 0.05) is 24.4 Å². The summed E-state index contributed by atoms with van der Waals surface area (Å²) in [7, 11) is 1.70. The quantitative estimate of drug-likeness (QED) is 0.416. The maximum absolute atomic E-state index is 6.09. The van der Waals surface area contributed by atoms with Gasteiger partial charge in [-0.15, -0.1) is 24.0 Å². The van der Waals surface area contributed by atoms with E-state index in [-0.39, 0.29) is 24.0 Å². The number of piperidine rings is 1. The lowest BCUT2D eigenvalue weighted by molar-refractivity contribution is 0.0912. The van der Waals surface area contributed by atoms with Gasteiger partial charge in [0.25, 0.3) is 0 Å². The Morgan fingerprint density at radius 1 is 1.25 bits per heavy atom. The van der Waals surface area contributed by atoms with E-state index in [1.165, 1.54) is 32.4 Å². The summed E-state index contributed by atoms with van der Waals surface area (Å²) in [5.41, 5.74) is 8.15. The molecule has 2 fully saturated rings. The molecule has 1 aliphatic carbocycles. The molecule has 1 saturated carbocycles. The molecule has 0 amide bonds. The van der Waals surface area contributed by atoms with Crippen LogP contribution >= 0.6 is 24.0 Å². The zero-order chi connectivity index (χ0) is 16.1. The number of rotatable bonds is 5. The highest BCUT2D eigenvalue weighted by atomic mass is 127. The molecule has 3 rings (SSSR count). The average Bonchev–Trinajstić information content (AvgIpc) is 2.53. The summed E-state index contributed by atoms with van der Waals surface area (Å²) in [5, 5.41) is 3.22. The fourth-order valence-corrected chi connectivity index (χ4v) is 3.54. The van der Waals surface area contributed by atoms with Gasteiger partial charge in [0.15, 0.2) is 5.96 Å². The molecule has 2 aliphatic rings. The number of nitrogens with one attached hydrogen (secondary N) is 1. The lowest BCUT2D eigenvalue weighted by Gasteiger charge is -2.43. The summed E-state index contributed by atoms with van der Waals surface area (Å²) in [4.78, 5) is 7.27. The van der Waals surface area contributed by atoms with Gasteiger partial charge in [-0.05, 0) is 44.8 Å². The van der Waals surface area contributed by atoms with Crippen molar-refractivity contribution in [2.75, 3.05) is 25.5 Å². The van der Waals surface area contributed by atoms with E-state index in [0.717, 1.165) is 30.1 Å². The van der Waals surface area contributed by atoms with Crippen molar-refractivity contribution in [3.8, 4) is 0 Å². The van der Waals surface area contributed by atoms with Crippen molar-refractivity contribution in [2.45, 2.75) is 50.8 Å². The van der Waals surface area contributed by atoms with Crippen LogP contribution in [0.25, 0.3) is 0 Å². The third kappa shape index (κ3) is 5.07. The van der Waals surface area contributed by atoms with Gasteiger partial charge in [-0.2, -0.15) is 0 Å². The lowest BCUT2D eigenvalue weighted by Crippen LogP contribution is -2.49. The minimum atomic E-state index is 0. The lowest BCUT2D eigenvalue weighted by atomic mass is 9.85. The molecule has 0 spiro atoms. The number of hydrogen-bond acceptors (Lipinski definition) is 3. The number of para-hydroxylation sites is 1.